The van der Waals surface area contributed by atoms with E-state index < -0.39 is 23.6 Å². The number of imidazole rings is 2. The minimum Gasteiger partial charge on any atom is -0.450 e. The van der Waals surface area contributed by atoms with Crippen LogP contribution in [0.1, 0.15) is 76.6 Å². The number of fused-ring (bicyclic) bond motifs is 1. The topological polar surface area (TPSA) is 153 Å². The van der Waals surface area contributed by atoms with Crippen LogP contribution in [-0.2, 0) is 19.1 Å². The number of aromatic nitrogens is 4. The highest BCUT2D eigenvalue weighted by atomic mass is 16.6. The number of benzene rings is 3. The van der Waals surface area contributed by atoms with Gasteiger partial charge in [0, 0.05) is 32.0 Å². The Morgan fingerprint density at radius 2 is 1.47 bits per heavy atom. The van der Waals surface area contributed by atoms with Crippen LogP contribution in [0.3, 0.4) is 0 Å². The molecule has 0 radical (unpaired) electrons. The molecule has 0 unspecified atom stereocenters. The Labute approximate surface area is 320 Å². The summed E-state index contributed by atoms with van der Waals surface area (Å²) >= 11 is 0. The van der Waals surface area contributed by atoms with E-state index in [2.05, 4.69) is 68.8 Å². The molecule has 1 aliphatic carbocycles. The van der Waals surface area contributed by atoms with Gasteiger partial charge in [0.25, 0.3) is 0 Å². The van der Waals surface area contributed by atoms with Gasteiger partial charge in [-0.3, -0.25) is 19.3 Å². The van der Waals surface area contributed by atoms with E-state index in [9.17, 15) is 19.2 Å². The molecule has 1 saturated carbocycles. The summed E-state index contributed by atoms with van der Waals surface area (Å²) in [6.45, 7) is 6.60. The number of hydrogen-bond donors (Lipinski definition) is 3. The van der Waals surface area contributed by atoms with Gasteiger partial charge in [-0.2, -0.15) is 0 Å². The second kappa shape index (κ2) is 14.6. The summed E-state index contributed by atoms with van der Waals surface area (Å²) in [5.74, 6) is 0.606. The third-order valence-electron chi connectivity index (χ3n) is 11.7. The number of carbonyl (C=O) groups is 4. The lowest BCUT2D eigenvalue weighted by Gasteiger charge is -2.34. The maximum atomic E-state index is 14.3. The van der Waals surface area contributed by atoms with Crippen LogP contribution in [0.25, 0.3) is 44.4 Å². The molecule has 0 bridgehead atoms. The quantitative estimate of drug-likeness (QED) is 0.136. The van der Waals surface area contributed by atoms with Gasteiger partial charge >= 0.3 is 6.09 Å². The number of ether oxygens (including phenoxy) is 1. The van der Waals surface area contributed by atoms with Crippen LogP contribution in [0.5, 0.6) is 0 Å². The first-order valence-electron chi connectivity index (χ1n) is 19.3. The number of rotatable bonds is 9. The van der Waals surface area contributed by atoms with Crippen molar-refractivity contribution >= 4 is 34.3 Å². The van der Waals surface area contributed by atoms with Crippen molar-refractivity contribution in [3.8, 4) is 33.6 Å². The average Bonchev–Trinajstić information content (AvgIpc) is 4.04. The summed E-state index contributed by atoms with van der Waals surface area (Å²) in [6.07, 6.45) is 5.80. The molecule has 8 rings (SSSR count). The lowest BCUT2D eigenvalue weighted by Crippen LogP contribution is -2.52. The van der Waals surface area contributed by atoms with Crippen molar-refractivity contribution in [2.75, 3.05) is 26.7 Å². The van der Waals surface area contributed by atoms with Crippen molar-refractivity contribution in [1.29, 1.82) is 0 Å². The number of amides is 2. The zero-order valence-corrected chi connectivity index (χ0v) is 31.7. The molecule has 3 aliphatic rings. The number of carbonyl (C=O) groups excluding carboxylic acids is 4. The number of nitrogens with one attached hydrogen (secondary N) is 3. The van der Waals surface area contributed by atoms with Gasteiger partial charge in [0.05, 0.1) is 42.5 Å². The minimum atomic E-state index is -1.27. The van der Waals surface area contributed by atoms with Gasteiger partial charge in [0.15, 0.2) is 0 Å². The highest BCUT2D eigenvalue weighted by Crippen LogP contribution is 2.49. The Kier molecular flexibility index (Phi) is 9.62. The van der Waals surface area contributed by atoms with E-state index in [4.69, 9.17) is 9.72 Å². The smallest absolute Gasteiger partial charge is 0.410 e. The maximum Gasteiger partial charge on any atom is 0.410 e. The predicted octanol–water partition coefficient (Wildman–Crippen LogP) is 7.02. The highest BCUT2D eigenvalue weighted by molar-refractivity contribution is 6.14. The molecule has 12 heteroatoms. The Morgan fingerprint density at radius 1 is 0.873 bits per heavy atom. The van der Waals surface area contributed by atoms with E-state index in [0.29, 0.717) is 11.9 Å². The first kappa shape index (κ1) is 36.4. The average molecular weight is 742 g/mol. The van der Waals surface area contributed by atoms with E-state index in [-0.39, 0.29) is 55.8 Å². The van der Waals surface area contributed by atoms with Crippen LogP contribution in [0, 0.1) is 11.3 Å². The number of likely N-dealkylation sites (tertiary alicyclic amines) is 1. The van der Waals surface area contributed by atoms with E-state index in [0.717, 1.165) is 63.2 Å². The van der Waals surface area contributed by atoms with Crippen molar-refractivity contribution in [3.63, 3.8) is 0 Å². The zero-order valence-electron chi connectivity index (χ0n) is 31.7. The molecule has 4 heterocycles. The third-order valence-corrected chi connectivity index (χ3v) is 11.7. The van der Waals surface area contributed by atoms with E-state index in [1.807, 2.05) is 32.2 Å². The SMILES string of the molecule is CCOC(=O)N(C)[C@H](C(=O)N1CC2(C[C@H]1c1ncc(-c3ccc(-c4ccc5cc(-c6cnc([C@@H]7CCCN7)[nH]6)ccc5c4)cc3)[nH]1)C(=O)CCC2=O)C(C)C. The van der Waals surface area contributed by atoms with Gasteiger partial charge < -0.3 is 24.9 Å². The van der Waals surface area contributed by atoms with Crippen molar-refractivity contribution in [1.82, 2.24) is 35.1 Å². The van der Waals surface area contributed by atoms with Gasteiger partial charge in [0.1, 0.15) is 34.7 Å². The van der Waals surface area contributed by atoms with E-state index in [1.54, 1.807) is 25.1 Å². The molecule has 3 aromatic carbocycles. The summed E-state index contributed by atoms with van der Waals surface area (Å²) < 4.78 is 5.21. The number of Topliss-reactive ketones (excluding diaryl/α,β-unsaturated/α-hetero) is 2. The van der Waals surface area contributed by atoms with Gasteiger partial charge in [-0.15, -0.1) is 0 Å². The summed E-state index contributed by atoms with van der Waals surface area (Å²) in [7, 11) is 1.54. The molecular weight excluding hydrogens is 695 g/mol. The standard InChI is InChI=1S/C43H47N7O5/c1-5-55-42(54)49(4)38(25(2)3)41(53)50-24-43(36(51)16-17-37(43)52)21-35(50)40-46-22-33(48-40)27-10-8-26(9-11-27)28-12-13-30-20-31(15-14-29(30)19-28)34-23-45-39(47-34)32-7-6-18-44-32/h8-15,19-20,22-23,25,32,35,38,44H,5-7,16-18,21,24H2,1-4H3,(H,45,47)(H,46,48)/t32-,35-,38-/m0/s1. The third kappa shape index (κ3) is 6.62. The van der Waals surface area contributed by atoms with Crippen LogP contribution in [-0.4, -0.2) is 86.1 Å². The van der Waals surface area contributed by atoms with Crippen molar-refractivity contribution < 1.29 is 23.9 Å². The van der Waals surface area contributed by atoms with E-state index >= 15 is 0 Å². The maximum absolute atomic E-state index is 14.3. The molecule has 2 aliphatic heterocycles. The fourth-order valence-electron chi connectivity index (χ4n) is 8.72. The molecule has 3 atom stereocenters. The number of likely N-dealkylation sites (N-methyl/N-ethyl adjacent to an activating group) is 1. The second-order valence-electron chi connectivity index (χ2n) is 15.5. The summed E-state index contributed by atoms with van der Waals surface area (Å²) in [4.78, 5) is 72.8. The summed E-state index contributed by atoms with van der Waals surface area (Å²) in [5.41, 5.74) is 4.66. The molecule has 2 amide bonds. The van der Waals surface area contributed by atoms with Crippen molar-refractivity contribution in [3.05, 3.63) is 84.7 Å². The Morgan fingerprint density at radius 3 is 2.13 bits per heavy atom. The minimum absolute atomic E-state index is 0.0336. The number of H-pyrrole nitrogens is 2. The van der Waals surface area contributed by atoms with Crippen molar-refractivity contribution in [2.45, 2.75) is 71.0 Å². The van der Waals surface area contributed by atoms with Gasteiger partial charge in [-0.05, 0) is 78.2 Å². The number of hydrogen-bond acceptors (Lipinski definition) is 8. The second-order valence-corrected chi connectivity index (χ2v) is 15.5. The van der Waals surface area contributed by atoms with Crippen LogP contribution in [0.15, 0.2) is 73.1 Å². The molecule has 2 aromatic heterocycles. The van der Waals surface area contributed by atoms with Crippen LogP contribution < -0.4 is 5.32 Å². The number of nitrogens with zero attached hydrogens (tertiary/aromatic N) is 4. The number of aromatic amines is 2. The van der Waals surface area contributed by atoms with Crippen LogP contribution in [0.4, 0.5) is 4.79 Å². The Balaban J connectivity index is 1.02. The summed E-state index contributed by atoms with van der Waals surface area (Å²) in [5, 5.41) is 5.79. The first-order valence-corrected chi connectivity index (χ1v) is 19.3. The summed E-state index contributed by atoms with van der Waals surface area (Å²) in [6, 6.07) is 19.9. The molecule has 5 aromatic rings. The van der Waals surface area contributed by atoms with Gasteiger partial charge in [-0.1, -0.05) is 62.4 Å². The molecule has 3 N–H and O–H groups in total. The molecule has 284 valence electrons. The molecular formula is C43H47N7O5. The fraction of sp³-hybridized carbons (Fsp3) is 0.395. The molecule has 1 spiro atoms. The van der Waals surface area contributed by atoms with Crippen LogP contribution >= 0.6 is 0 Å². The van der Waals surface area contributed by atoms with E-state index in [1.165, 1.54) is 11.3 Å². The normalized spacial score (nSPS) is 19.9. The van der Waals surface area contributed by atoms with Gasteiger partial charge in [0.2, 0.25) is 5.91 Å². The molecule has 12 nitrogen and oxygen atoms in total. The largest absolute Gasteiger partial charge is 0.450 e. The monoisotopic (exact) mass is 741 g/mol. The van der Waals surface area contributed by atoms with Gasteiger partial charge in [-0.25, -0.2) is 14.8 Å². The zero-order chi connectivity index (χ0) is 38.4. The first-order chi connectivity index (χ1) is 26.6. The Bertz CT molecular complexity index is 2250. The molecule has 55 heavy (non-hydrogen) atoms. The fourth-order valence-corrected chi connectivity index (χ4v) is 8.72. The number of ketones is 2. The molecule has 2 saturated heterocycles. The Hall–Kier alpha value is -5.62. The lowest BCUT2D eigenvalue weighted by molar-refractivity contribution is -0.140. The highest BCUT2D eigenvalue weighted by Gasteiger charge is 2.59. The van der Waals surface area contributed by atoms with Crippen molar-refractivity contribution in [2.24, 2.45) is 11.3 Å². The molecule has 3 fully saturated rings. The predicted molar refractivity (Wildman–Crippen MR) is 209 cm³/mol. The van der Waals surface area contributed by atoms with Crippen LogP contribution in [0.2, 0.25) is 0 Å². The lowest BCUT2D eigenvalue weighted by atomic mass is 9.82.